The third kappa shape index (κ3) is 5.89. The lowest BCUT2D eigenvalue weighted by Crippen LogP contribution is -2.32. The van der Waals surface area contributed by atoms with E-state index in [1.54, 1.807) is 18.9 Å². The number of nitrogens with one attached hydrogen (secondary N) is 1. The number of thioether (sulfide) groups is 1. The van der Waals surface area contributed by atoms with E-state index in [0.29, 0.717) is 23.1 Å². The van der Waals surface area contributed by atoms with Gasteiger partial charge >= 0.3 is 0 Å². The predicted molar refractivity (Wildman–Crippen MR) is 132 cm³/mol. The number of nitrogens with zero attached hydrogens (tertiary/aromatic N) is 3. The van der Waals surface area contributed by atoms with Crippen LogP contribution in [0.5, 0.6) is 5.75 Å². The Balaban J connectivity index is 1.57. The first kappa shape index (κ1) is 23.6. The predicted octanol–water partition coefficient (Wildman–Crippen LogP) is 5.73. The van der Waals surface area contributed by atoms with Crippen molar-refractivity contribution in [1.82, 2.24) is 20.1 Å². The molecule has 0 spiro atoms. The number of carbonyl (C=O) groups excluding carboxylic acids is 1. The standard InChI is InChI=1S/C25H29ClN4O2S/c1-17-11-12-20(26)14-22(17)30-23(15-27-24(31)19-8-4-3-5-9-19)28-29-25(30)33-16-18-7-6-10-21(13-18)32-2/h6-7,10-14,19H,3-5,8-9,15-16H2,1-2H3,(H,27,31). The van der Waals surface area contributed by atoms with E-state index in [1.165, 1.54) is 6.42 Å². The molecule has 0 aliphatic heterocycles. The monoisotopic (exact) mass is 484 g/mol. The van der Waals surface area contributed by atoms with Gasteiger partial charge in [0.15, 0.2) is 11.0 Å². The van der Waals surface area contributed by atoms with Gasteiger partial charge in [-0.15, -0.1) is 10.2 Å². The molecule has 0 atom stereocenters. The highest BCUT2D eigenvalue weighted by atomic mass is 35.5. The van der Waals surface area contributed by atoms with Crippen LogP contribution in [0, 0.1) is 12.8 Å². The molecule has 1 amide bonds. The number of halogens is 1. The van der Waals surface area contributed by atoms with Crippen molar-refractivity contribution in [3.8, 4) is 11.4 Å². The lowest BCUT2D eigenvalue weighted by molar-refractivity contribution is -0.126. The average Bonchev–Trinajstić information content (AvgIpc) is 3.26. The van der Waals surface area contributed by atoms with Crippen LogP contribution in [0.3, 0.4) is 0 Å². The van der Waals surface area contributed by atoms with E-state index in [0.717, 1.165) is 53.4 Å². The van der Waals surface area contributed by atoms with Gasteiger partial charge in [0.05, 0.1) is 19.3 Å². The number of hydrogen-bond donors (Lipinski definition) is 1. The van der Waals surface area contributed by atoms with Crippen LogP contribution in [0.1, 0.15) is 49.1 Å². The number of aryl methyl sites for hydroxylation is 1. The molecule has 174 valence electrons. The first-order chi connectivity index (χ1) is 16.0. The molecule has 33 heavy (non-hydrogen) atoms. The van der Waals surface area contributed by atoms with Crippen molar-refractivity contribution in [2.24, 2.45) is 5.92 Å². The molecule has 1 aliphatic carbocycles. The Hall–Kier alpha value is -2.51. The van der Waals surface area contributed by atoms with Crippen LogP contribution < -0.4 is 10.1 Å². The fourth-order valence-corrected chi connectivity index (χ4v) is 5.23. The Morgan fingerprint density at radius 2 is 2.00 bits per heavy atom. The summed E-state index contributed by atoms with van der Waals surface area (Å²) >= 11 is 7.92. The van der Waals surface area contributed by atoms with E-state index in [1.807, 2.05) is 47.9 Å². The molecule has 8 heteroatoms. The van der Waals surface area contributed by atoms with Crippen molar-refractivity contribution >= 4 is 29.3 Å². The third-order valence-corrected chi connectivity index (χ3v) is 7.25. The first-order valence-electron chi connectivity index (χ1n) is 11.3. The summed E-state index contributed by atoms with van der Waals surface area (Å²) in [4.78, 5) is 12.7. The van der Waals surface area contributed by atoms with Gasteiger partial charge in [-0.05, 0) is 55.2 Å². The molecule has 0 saturated heterocycles. The quantitative estimate of drug-likeness (QED) is 0.414. The van der Waals surface area contributed by atoms with Gasteiger partial charge in [0.2, 0.25) is 5.91 Å². The maximum atomic E-state index is 12.7. The fraction of sp³-hybridized carbons (Fsp3) is 0.400. The van der Waals surface area contributed by atoms with Gasteiger partial charge in [-0.1, -0.05) is 60.8 Å². The fourth-order valence-electron chi connectivity index (χ4n) is 4.16. The highest BCUT2D eigenvalue weighted by molar-refractivity contribution is 7.98. The van der Waals surface area contributed by atoms with Crippen molar-refractivity contribution < 1.29 is 9.53 Å². The molecule has 1 heterocycles. The van der Waals surface area contributed by atoms with Gasteiger partial charge in [0.25, 0.3) is 0 Å². The van der Waals surface area contributed by atoms with Crippen LogP contribution >= 0.6 is 23.4 Å². The third-order valence-electron chi connectivity index (χ3n) is 6.01. The maximum Gasteiger partial charge on any atom is 0.223 e. The van der Waals surface area contributed by atoms with Crippen LogP contribution in [-0.4, -0.2) is 27.8 Å². The van der Waals surface area contributed by atoms with Crippen molar-refractivity contribution in [2.45, 2.75) is 56.5 Å². The summed E-state index contributed by atoms with van der Waals surface area (Å²) in [7, 11) is 1.67. The summed E-state index contributed by atoms with van der Waals surface area (Å²) in [6.07, 6.45) is 5.41. The molecular weight excluding hydrogens is 456 g/mol. The number of methoxy groups -OCH3 is 1. The number of rotatable bonds is 8. The summed E-state index contributed by atoms with van der Waals surface area (Å²) in [5.74, 6) is 2.44. The molecule has 1 N–H and O–H groups in total. The lowest BCUT2D eigenvalue weighted by Gasteiger charge is -2.21. The van der Waals surface area contributed by atoms with Crippen molar-refractivity contribution in [1.29, 1.82) is 0 Å². The van der Waals surface area contributed by atoms with Gasteiger partial charge in [-0.3, -0.25) is 9.36 Å². The Morgan fingerprint density at radius 1 is 1.18 bits per heavy atom. The molecular formula is C25H29ClN4O2S. The van der Waals surface area contributed by atoms with E-state index in [-0.39, 0.29) is 11.8 Å². The molecule has 0 unspecified atom stereocenters. The van der Waals surface area contributed by atoms with Crippen LogP contribution in [0.4, 0.5) is 0 Å². The number of hydrogen-bond acceptors (Lipinski definition) is 5. The smallest absolute Gasteiger partial charge is 0.223 e. The molecule has 2 aromatic carbocycles. The number of carbonyl (C=O) groups is 1. The van der Waals surface area contributed by atoms with Gasteiger partial charge < -0.3 is 10.1 Å². The van der Waals surface area contributed by atoms with E-state index in [9.17, 15) is 4.79 Å². The Kier molecular flexibility index (Phi) is 7.93. The van der Waals surface area contributed by atoms with Crippen molar-refractivity contribution in [3.63, 3.8) is 0 Å². The minimum atomic E-state index is 0.102. The summed E-state index contributed by atoms with van der Waals surface area (Å²) < 4.78 is 7.35. The second-order valence-electron chi connectivity index (χ2n) is 8.36. The maximum absolute atomic E-state index is 12.7. The zero-order chi connectivity index (χ0) is 23.2. The van der Waals surface area contributed by atoms with E-state index < -0.39 is 0 Å². The largest absolute Gasteiger partial charge is 0.497 e. The van der Waals surface area contributed by atoms with Gasteiger partial charge in [-0.2, -0.15) is 0 Å². The minimum absolute atomic E-state index is 0.102. The molecule has 0 bridgehead atoms. The summed E-state index contributed by atoms with van der Waals surface area (Å²) in [6.45, 7) is 2.36. The number of aromatic nitrogens is 3. The van der Waals surface area contributed by atoms with Crippen LogP contribution in [0.15, 0.2) is 47.6 Å². The molecule has 1 aromatic heterocycles. The van der Waals surface area contributed by atoms with Gasteiger partial charge in [0, 0.05) is 16.7 Å². The molecule has 1 saturated carbocycles. The van der Waals surface area contributed by atoms with Crippen molar-refractivity contribution in [2.75, 3.05) is 7.11 Å². The highest BCUT2D eigenvalue weighted by Gasteiger charge is 2.22. The van der Waals surface area contributed by atoms with Crippen LogP contribution in [0.2, 0.25) is 5.02 Å². The van der Waals surface area contributed by atoms with Crippen molar-refractivity contribution in [3.05, 3.63) is 64.4 Å². The number of benzene rings is 2. The molecule has 3 aromatic rings. The molecule has 6 nitrogen and oxygen atoms in total. The van der Waals surface area contributed by atoms with Crippen LogP contribution in [0.25, 0.3) is 5.69 Å². The van der Waals surface area contributed by atoms with E-state index in [2.05, 4.69) is 21.6 Å². The molecule has 4 rings (SSSR count). The summed E-state index contributed by atoms with van der Waals surface area (Å²) in [5.41, 5.74) is 3.11. The van der Waals surface area contributed by atoms with Crippen LogP contribution in [-0.2, 0) is 17.1 Å². The molecule has 1 fully saturated rings. The molecule has 0 radical (unpaired) electrons. The second kappa shape index (κ2) is 11.1. The Labute approximate surface area is 204 Å². The summed E-state index contributed by atoms with van der Waals surface area (Å²) in [6, 6.07) is 13.8. The topological polar surface area (TPSA) is 69.0 Å². The van der Waals surface area contributed by atoms with Gasteiger partial charge in [-0.25, -0.2) is 0 Å². The normalized spacial score (nSPS) is 14.3. The number of amides is 1. The zero-order valence-electron chi connectivity index (χ0n) is 19.0. The van der Waals surface area contributed by atoms with E-state index in [4.69, 9.17) is 16.3 Å². The SMILES string of the molecule is COc1cccc(CSc2nnc(CNC(=O)C3CCCCC3)n2-c2cc(Cl)ccc2C)c1. The zero-order valence-corrected chi connectivity index (χ0v) is 20.6. The average molecular weight is 485 g/mol. The highest BCUT2D eigenvalue weighted by Crippen LogP contribution is 2.29. The van der Waals surface area contributed by atoms with Gasteiger partial charge in [0.1, 0.15) is 5.75 Å². The minimum Gasteiger partial charge on any atom is -0.497 e. The number of ether oxygens (including phenoxy) is 1. The Bertz CT molecular complexity index is 1110. The summed E-state index contributed by atoms with van der Waals surface area (Å²) in [5, 5.41) is 13.4. The second-order valence-corrected chi connectivity index (χ2v) is 9.74. The van der Waals surface area contributed by atoms with E-state index >= 15 is 0 Å². The molecule has 1 aliphatic rings. The lowest BCUT2D eigenvalue weighted by atomic mass is 9.89. The Morgan fingerprint density at radius 3 is 2.79 bits per heavy atom. The first-order valence-corrected chi connectivity index (χ1v) is 12.7.